The van der Waals surface area contributed by atoms with Crippen molar-refractivity contribution >= 4 is 39.3 Å². The molecular formula is C14H11BrFNO2S. The number of nitrogen functional groups attached to an aromatic ring is 1. The van der Waals surface area contributed by atoms with Crippen LogP contribution in [0.15, 0.2) is 45.8 Å². The van der Waals surface area contributed by atoms with Gasteiger partial charge in [0.25, 0.3) is 0 Å². The molecule has 3 nitrogen and oxygen atoms in total. The molecule has 2 rings (SSSR count). The molecule has 0 radical (unpaired) electrons. The van der Waals surface area contributed by atoms with Gasteiger partial charge in [-0.25, -0.2) is 9.18 Å². The van der Waals surface area contributed by atoms with Crippen molar-refractivity contribution < 1.29 is 14.3 Å². The molecule has 20 heavy (non-hydrogen) atoms. The van der Waals surface area contributed by atoms with Crippen LogP contribution in [0.4, 0.5) is 10.1 Å². The first kappa shape index (κ1) is 14.9. The number of thioether (sulfide) groups is 1. The van der Waals surface area contributed by atoms with E-state index in [0.717, 1.165) is 9.37 Å². The second kappa shape index (κ2) is 6.28. The van der Waals surface area contributed by atoms with Gasteiger partial charge in [-0.15, -0.1) is 11.8 Å². The maximum Gasteiger partial charge on any atom is 0.335 e. The second-order valence-electron chi connectivity index (χ2n) is 4.08. The number of rotatable bonds is 4. The molecule has 104 valence electrons. The van der Waals surface area contributed by atoms with Crippen LogP contribution in [0.25, 0.3) is 0 Å². The van der Waals surface area contributed by atoms with Gasteiger partial charge in [0.15, 0.2) is 0 Å². The predicted octanol–water partition coefficient (Wildman–Crippen LogP) is 4.16. The normalized spacial score (nSPS) is 10.5. The minimum Gasteiger partial charge on any atom is -0.478 e. The molecule has 0 aliphatic heterocycles. The molecule has 0 unspecified atom stereocenters. The fourth-order valence-electron chi connectivity index (χ4n) is 1.61. The first-order chi connectivity index (χ1) is 9.47. The van der Waals surface area contributed by atoms with Gasteiger partial charge in [-0.2, -0.15) is 0 Å². The number of carbonyl (C=O) groups is 1. The van der Waals surface area contributed by atoms with Crippen LogP contribution >= 0.6 is 27.7 Å². The highest BCUT2D eigenvalue weighted by molar-refractivity contribution is 9.10. The van der Waals surface area contributed by atoms with E-state index in [9.17, 15) is 9.18 Å². The van der Waals surface area contributed by atoms with Crippen molar-refractivity contribution in [3.8, 4) is 0 Å². The fourth-order valence-corrected chi connectivity index (χ4v) is 3.10. The van der Waals surface area contributed by atoms with Crippen molar-refractivity contribution in [3.63, 3.8) is 0 Å². The summed E-state index contributed by atoms with van der Waals surface area (Å²) in [4.78, 5) is 11.7. The van der Waals surface area contributed by atoms with E-state index in [1.165, 1.54) is 30.0 Å². The molecule has 0 aromatic heterocycles. The molecule has 0 bridgehead atoms. The number of aromatic carboxylic acids is 1. The van der Waals surface area contributed by atoms with Gasteiger partial charge in [-0.05, 0) is 42.0 Å². The highest BCUT2D eigenvalue weighted by atomic mass is 79.9. The minimum atomic E-state index is -1.07. The quantitative estimate of drug-likeness (QED) is 0.638. The summed E-state index contributed by atoms with van der Waals surface area (Å²) in [7, 11) is 0. The number of halogens is 2. The molecule has 0 saturated heterocycles. The summed E-state index contributed by atoms with van der Waals surface area (Å²) in [5.74, 6) is -1.18. The molecular weight excluding hydrogens is 345 g/mol. The van der Waals surface area contributed by atoms with Crippen molar-refractivity contribution in [2.24, 2.45) is 0 Å². The zero-order chi connectivity index (χ0) is 14.7. The molecule has 0 saturated carbocycles. The Bertz CT molecular complexity index is 664. The topological polar surface area (TPSA) is 63.3 Å². The SMILES string of the molecule is Nc1ccc(Br)cc1SCc1cc(C(=O)O)ccc1F. The summed E-state index contributed by atoms with van der Waals surface area (Å²) in [6.45, 7) is 0. The summed E-state index contributed by atoms with van der Waals surface area (Å²) in [6.07, 6.45) is 0. The van der Waals surface area contributed by atoms with Crippen molar-refractivity contribution in [2.75, 3.05) is 5.73 Å². The minimum absolute atomic E-state index is 0.0733. The Balaban J connectivity index is 2.20. The summed E-state index contributed by atoms with van der Waals surface area (Å²) in [5, 5.41) is 8.91. The van der Waals surface area contributed by atoms with E-state index < -0.39 is 11.8 Å². The summed E-state index contributed by atoms with van der Waals surface area (Å²) in [6, 6.07) is 9.20. The zero-order valence-corrected chi connectivity index (χ0v) is 12.7. The average Bonchev–Trinajstić information content (AvgIpc) is 2.41. The Hall–Kier alpha value is -1.53. The molecule has 0 amide bonds. The van der Waals surface area contributed by atoms with E-state index in [1.54, 1.807) is 6.07 Å². The Morgan fingerprint density at radius 1 is 1.30 bits per heavy atom. The number of benzene rings is 2. The number of carboxylic acid groups (broad SMARTS) is 1. The van der Waals surface area contributed by atoms with Crippen molar-refractivity contribution in [1.29, 1.82) is 0 Å². The highest BCUT2D eigenvalue weighted by Gasteiger charge is 2.10. The highest BCUT2D eigenvalue weighted by Crippen LogP contribution is 2.31. The van der Waals surface area contributed by atoms with Crippen LogP contribution in [0.5, 0.6) is 0 Å². The molecule has 2 aromatic carbocycles. The molecule has 0 heterocycles. The van der Waals surface area contributed by atoms with Gasteiger partial charge in [0.1, 0.15) is 5.82 Å². The Labute approximate surface area is 128 Å². The van der Waals surface area contributed by atoms with E-state index in [2.05, 4.69) is 15.9 Å². The lowest BCUT2D eigenvalue weighted by atomic mass is 10.1. The number of nitrogens with two attached hydrogens (primary N) is 1. The molecule has 0 aliphatic rings. The van der Waals surface area contributed by atoms with Gasteiger partial charge in [0, 0.05) is 20.8 Å². The van der Waals surface area contributed by atoms with Crippen molar-refractivity contribution in [3.05, 3.63) is 57.8 Å². The zero-order valence-electron chi connectivity index (χ0n) is 10.3. The Morgan fingerprint density at radius 3 is 2.75 bits per heavy atom. The fraction of sp³-hybridized carbons (Fsp3) is 0.0714. The molecule has 0 aliphatic carbocycles. The average molecular weight is 356 g/mol. The van der Waals surface area contributed by atoms with E-state index in [4.69, 9.17) is 10.8 Å². The molecule has 0 atom stereocenters. The number of carboxylic acids is 1. The van der Waals surface area contributed by atoms with Crippen LogP contribution in [0.2, 0.25) is 0 Å². The number of anilines is 1. The lowest BCUT2D eigenvalue weighted by Gasteiger charge is -2.07. The van der Waals surface area contributed by atoms with Crippen LogP contribution < -0.4 is 5.73 Å². The monoisotopic (exact) mass is 355 g/mol. The Kier molecular flexibility index (Phi) is 4.67. The molecule has 0 fully saturated rings. The third-order valence-electron chi connectivity index (χ3n) is 2.65. The molecule has 3 N–H and O–H groups in total. The number of hydrogen-bond acceptors (Lipinski definition) is 3. The lowest BCUT2D eigenvalue weighted by molar-refractivity contribution is 0.0696. The van der Waals surface area contributed by atoms with E-state index in [1.807, 2.05) is 12.1 Å². The Morgan fingerprint density at radius 2 is 2.05 bits per heavy atom. The van der Waals surface area contributed by atoms with Gasteiger partial charge in [-0.3, -0.25) is 0 Å². The molecule has 2 aromatic rings. The van der Waals surface area contributed by atoms with Gasteiger partial charge in [0.2, 0.25) is 0 Å². The van der Waals surface area contributed by atoms with E-state index in [0.29, 0.717) is 17.0 Å². The van der Waals surface area contributed by atoms with Crippen LogP contribution in [0.3, 0.4) is 0 Å². The third-order valence-corrected chi connectivity index (χ3v) is 4.26. The van der Waals surface area contributed by atoms with Gasteiger partial charge < -0.3 is 10.8 Å². The summed E-state index contributed by atoms with van der Waals surface area (Å²) in [5.41, 5.74) is 6.86. The third kappa shape index (κ3) is 3.52. The van der Waals surface area contributed by atoms with Gasteiger partial charge >= 0.3 is 5.97 Å². The van der Waals surface area contributed by atoms with Crippen LogP contribution in [0.1, 0.15) is 15.9 Å². The van der Waals surface area contributed by atoms with Crippen LogP contribution in [-0.2, 0) is 5.75 Å². The van der Waals surface area contributed by atoms with Crippen molar-refractivity contribution in [1.82, 2.24) is 0 Å². The lowest BCUT2D eigenvalue weighted by Crippen LogP contribution is -1.99. The first-order valence-corrected chi connectivity index (χ1v) is 7.45. The van der Waals surface area contributed by atoms with E-state index in [-0.39, 0.29) is 5.56 Å². The molecule has 6 heteroatoms. The van der Waals surface area contributed by atoms with Crippen LogP contribution in [0, 0.1) is 5.82 Å². The van der Waals surface area contributed by atoms with Gasteiger partial charge in [0.05, 0.1) is 5.56 Å². The molecule has 0 spiro atoms. The summed E-state index contributed by atoms with van der Waals surface area (Å²) >= 11 is 4.71. The first-order valence-electron chi connectivity index (χ1n) is 5.67. The van der Waals surface area contributed by atoms with Crippen molar-refractivity contribution in [2.45, 2.75) is 10.6 Å². The van der Waals surface area contributed by atoms with E-state index >= 15 is 0 Å². The maximum absolute atomic E-state index is 13.7. The number of hydrogen-bond donors (Lipinski definition) is 2. The van der Waals surface area contributed by atoms with Gasteiger partial charge in [-0.1, -0.05) is 15.9 Å². The standard InChI is InChI=1S/C14H11BrFNO2S/c15-10-2-4-12(17)13(6-10)20-7-9-5-8(14(18)19)1-3-11(9)16/h1-6H,7,17H2,(H,18,19). The maximum atomic E-state index is 13.7. The van der Waals surface area contributed by atoms with Crippen LogP contribution in [-0.4, -0.2) is 11.1 Å². The smallest absolute Gasteiger partial charge is 0.335 e. The largest absolute Gasteiger partial charge is 0.478 e. The predicted molar refractivity (Wildman–Crippen MR) is 81.5 cm³/mol. The summed E-state index contributed by atoms with van der Waals surface area (Å²) < 4.78 is 14.6. The second-order valence-corrected chi connectivity index (χ2v) is 6.02.